The topological polar surface area (TPSA) is 46.2 Å². The number of fused-ring (bicyclic) bond motifs is 2. The van der Waals surface area contributed by atoms with E-state index in [2.05, 4.69) is 12.2 Å². The third-order valence-electron chi connectivity index (χ3n) is 4.77. The van der Waals surface area contributed by atoms with Crippen molar-refractivity contribution in [3.05, 3.63) is 41.0 Å². The molecule has 0 radical (unpaired) electrons. The monoisotopic (exact) mass is 269 g/mol. The van der Waals surface area contributed by atoms with Gasteiger partial charge in [0.25, 0.3) is 0 Å². The molecule has 0 aromatic heterocycles. The summed E-state index contributed by atoms with van der Waals surface area (Å²) in [4.78, 5) is 24.2. The Labute approximate surface area is 119 Å². The quantitative estimate of drug-likeness (QED) is 0.856. The van der Waals surface area contributed by atoms with Gasteiger partial charge in [0.05, 0.1) is 5.41 Å². The molecule has 0 unspecified atom stereocenters. The van der Waals surface area contributed by atoms with Gasteiger partial charge in [0.2, 0.25) is 5.91 Å². The molecule has 0 fully saturated rings. The SMILES string of the molecule is CCC[C@@H]1C(C=O)=C(C)C[C@@]12C(=O)Nc1ccccc12. The fourth-order valence-corrected chi connectivity index (χ4v) is 3.94. The van der Waals surface area contributed by atoms with Gasteiger partial charge in [0.15, 0.2) is 0 Å². The molecule has 1 aromatic rings. The van der Waals surface area contributed by atoms with E-state index in [4.69, 9.17) is 0 Å². The zero-order valence-electron chi connectivity index (χ0n) is 11.9. The van der Waals surface area contributed by atoms with E-state index in [0.29, 0.717) is 6.42 Å². The second kappa shape index (κ2) is 4.58. The van der Waals surface area contributed by atoms with E-state index < -0.39 is 5.41 Å². The largest absolute Gasteiger partial charge is 0.325 e. The van der Waals surface area contributed by atoms with Gasteiger partial charge in [-0.25, -0.2) is 0 Å². The summed E-state index contributed by atoms with van der Waals surface area (Å²) in [5, 5.41) is 3.00. The number of hydrogen-bond acceptors (Lipinski definition) is 2. The molecule has 3 nitrogen and oxygen atoms in total. The van der Waals surface area contributed by atoms with Gasteiger partial charge in [-0.3, -0.25) is 9.59 Å². The van der Waals surface area contributed by atoms with Gasteiger partial charge in [-0.15, -0.1) is 0 Å². The fourth-order valence-electron chi connectivity index (χ4n) is 3.94. The average Bonchev–Trinajstić information content (AvgIpc) is 2.88. The standard InChI is InChI=1S/C17H19NO2/c1-3-6-13-12(10-19)11(2)9-17(13)14-7-4-5-8-15(14)18-16(17)20/h4-5,7-8,10,13H,3,6,9H2,1-2H3,(H,18,20)/t13-,17-/m1/s1. The molecule has 1 aliphatic heterocycles. The lowest BCUT2D eigenvalue weighted by Crippen LogP contribution is -2.39. The molecular weight excluding hydrogens is 250 g/mol. The van der Waals surface area contributed by atoms with Crippen LogP contribution in [0.5, 0.6) is 0 Å². The van der Waals surface area contributed by atoms with Crippen molar-refractivity contribution in [2.75, 3.05) is 5.32 Å². The highest BCUT2D eigenvalue weighted by atomic mass is 16.2. The first-order valence-corrected chi connectivity index (χ1v) is 7.21. The van der Waals surface area contributed by atoms with E-state index in [1.165, 1.54) is 0 Å². The Bertz CT molecular complexity index is 617. The van der Waals surface area contributed by atoms with Crippen molar-refractivity contribution >= 4 is 17.9 Å². The number of allylic oxidation sites excluding steroid dienone is 2. The van der Waals surface area contributed by atoms with Gasteiger partial charge >= 0.3 is 0 Å². The lowest BCUT2D eigenvalue weighted by Gasteiger charge is -2.30. The molecule has 1 spiro atoms. The molecule has 1 heterocycles. The highest BCUT2D eigenvalue weighted by molar-refractivity contribution is 6.08. The van der Waals surface area contributed by atoms with Crippen molar-refractivity contribution in [3.8, 4) is 0 Å². The minimum absolute atomic E-state index is 0.00801. The molecule has 3 heteroatoms. The zero-order valence-corrected chi connectivity index (χ0v) is 11.9. The number of benzene rings is 1. The minimum atomic E-state index is -0.563. The van der Waals surface area contributed by atoms with Crippen LogP contribution in [-0.2, 0) is 15.0 Å². The average molecular weight is 269 g/mol. The highest BCUT2D eigenvalue weighted by Gasteiger charge is 2.56. The molecule has 1 amide bonds. The summed E-state index contributed by atoms with van der Waals surface area (Å²) in [6.45, 7) is 4.08. The van der Waals surface area contributed by atoms with E-state index >= 15 is 0 Å². The van der Waals surface area contributed by atoms with E-state index in [1.807, 2.05) is 31.2 Å². The van der Waals surface area contributed by atoms with Crippen LogP contribution in [0, 0.1) is 5.92 Å². The summed E-state index contributed by atoms with van der Waals surface area (Å²) in [7, 11) is 0. The number of carbonyl (C=O) groups is 2. The third-order valence-corrected chi connectivity index (χ3v) is 4.77. The summed E-state index contributed by atoms with van der Waals surface area (Å²) >= 11 is 0. The van der Waals surface area contributed by atoms with Crippen molar-refractivity contribution in [1.29, 1.82) is 0 Å². The maximum atomic E-state index is 12.7. The summed E-state index contributed by atoms with van der Waals surface area (Å²) in [6, 6.07) is 7.87. The Kier molecular flexibility index (Phi) is 3.00. The van der Waals surface area contributed by atoms with E-state index in [1.54, 1.807) is 0 Å². The molecule has 0 saturated heterocycles. The summed E-state index contributed by atoms with van der Waals surface area (Å²) < 4.78 is 0. The van der Waals surface area contributed by atoms with Gasteiger partial charge in [-0.05, 0) is 37.0 Å². The van der Waals surface area contributed by atoms with Gasteiger partial charge < -0.3 is 5.32 Å². The lowest BCUT2D eigenvalue weighted by molar-refractivity contribution is -0.122. The van der Waals surface area contributed by atoms with Crippen LogP contribution >= 0.6 is 0 Å². The Hall–Kier alpha value is -1.90. The maximum absolute atomic E-state index is 12.7. The summed E-state index contributed by atoms with van der Waals surface area (Å²) in [5.74, 6) is 0.0574. The number of amides is 1. The van der Waals surface area contributed by atoms with Crippen LogP contribution in [0.25, 0.3) is 0 Å². The van der Waals surface area contributed by atoms with E-state index in [-0.39, 0.29) is 11.8 Å². The van der Waals surface area contributed by atoms with Gasteiger partial charge in [0, 0.05) is 11.6 Å². The van der Waals surface area contributed by atoms with Crippen LogP contribution in [0.15, 0.2) is 35.4 Å². The first-order chi connectivity index (χ1) is 9.65. The van der Waals surface area contributed by atoms with Crippen LogP contribution in [0.3, 0.4) is 0 Å². The van der Waals surface area contributed by atoms with Gasteiger partial charge in [-0.2, -0.15) is 0 Å². The summed E-state index contributed by atoms with van der Waals surface area (Å²) in [5.41, 5.74) is 3.29. The van der Waals surface area contributed by atoms with Crippen LogP contribution in [0.1, 0.15) is 38.7 Å². The molecule has 2 atom stereocenters. The number of rotatable bonds is 3. The number of hydrogen-bond donors (Lipinski definition) is 1. The third kappa shape index (κ3) is 1.52. The molecule has 3 rings (SSSR count). The van der Waals surface area contributed by atoms with Crippen LogP contribution < -0.4 is 5.32 Å². The molecule has 20 heavy (non-hydrogen) atoms. The van der Waals surface area contributed by atoms with Crippen molar-refractivity contribution in [3.63, 3.8) is 0 Å². The van der Waals surface area contributed by atoms with Crippen molar-refractivity contribution in [2.24, 2.45) is 5.92 Å². The first kappa shape index (κ1) is 13.1. The normalized spacial score (nSPS) is 27.9. The predicted molar refractivity (Wildman–Crippen MR) is 78.5 cm³/mol. The molecule has 104 valence electrons. The lowest BCUT2D eigenvalue weighted by atomic mass is 9.69. The highest BCUT2D eigenvalue weighted by Crippen LogP contribution is 2.55. The Morgan fingerprint density at radius 2 is 2.15 bits per heavy atom. The van der Waals surface area contributed by atoms with E-state index in [9.17, 15) is 9.59 Å². The molecule has 1 N–H and O–H groups in total. The Balaban J connectivity index is 2.17. The first-order valence-electron chi connectivity index (χ1n) is 7.21. The molecule has 1 aliphatic carbocycles. The number of nitrogens with one attached hydrogen (secondary N) is 1. The van der Waals surface area contributed by atoms with Crippen molar-refractivity contribution in [2.45, 2.75) is 38.5 Å². The van der Waals surface area contributed by atoms with Crippen LogP contribution in [-0.4, -0.2) is 12.2 Å². The second-order valence-corrected chi connectivity index (χ2v) is 5.84. The number of carbonyl (C=O) groups excluding carboxylic acids is 2. The molecule has 1 aromatic carbocycles. The number of anilines is 1. The van der Waals surface area contributed by atoms with Crippen LogP contribution in [0.2, 0.25) is 0 Å². The van der Waals surface area contributed by atoms with Crippen LogP contribution in [0.4, 0.5) is 5.69 Å². The van der Waals surface area contributed by atoms with E-state index in [0.717, 1.165) is 41.5 Å². The maximum Gasteiger partial charge on any atom is 0.236 e. The minimum Gasteiger partial charge on any atom is -0.325 e. The van der Waals surface area contributed by atoms with Crippen molar-refractivity contribution < 1.29 is 9.59 Å². The Morgan fingerprint density at radius 1 is 1.40 bits per heavy atom. The van der Waals surface area contributed by atoms with Crippen molar-refractivity contribution in [1.82, 2.24) is 0 Å². The second-order valence-electron chi connectivity index (χ2n) is 5.84. The molecular formula is C17H19NO2. The molecule has 0 saturated carbocycles. The number of aldehydes is 1. The van der Waals surface area contributed by atoms with Gasteiger partial charge in [-0.1, -0.05) is 37.1 Å². The Morgan fingerprint density at radius 3 is 2.85 bits per heavy atom. The molecule has 2 aliphatic rings. The molecule has 0 bridgehead atoms. The fraction of sp³-hybridized carbons (Fsp3) is 0.412. The smallest absolute Gasteiger partial charge is 0.236 e. The van der Waals surface area contributed by atoms with Gasteiger partial charge in [0.1, 0.15) is 6.29 Å². The zero-order chi connectivity index (χ0) is 14.3. The summed E-state index contributed by atoms with van der Waals surface area (Å²) in [6.07, 6.45) is 3.45. The number of para-hydroxylation sites is 1. The predicted octanol–water partition coefficient (Wildman–Crippen LogP) is 3.21.